The molecular weight excluding hydrogens is 442 g/mol. The fourth-order valence-corrected chi connectivity index (χ4v) is 4.38. The highest BCUT2D eigenvalue weighted by atomic mass is 32.2. The number of nitrogens with zero attached hydrogens (tertiary/aromatic N) is 3. The van der Waals surface area contributed by atoms with Gasteiger partial charge in [0.25, 0.3) is 0 Å². The maximum atomic E-state index is 13.6. The number of halogens is 2. The van der Waals surface area contributed by atoms with Gasteiger partial charge in [0.2, 0.25) is 0 Å². The number of rotatable bonds is 7. The highest BCUT2D eigenvalue weighted by Crippen LogP contribution is 2.30. The van der Waals surface area contributed by atoms with Gasteiger partial charge in [-0.25, -0.2) is 13.8 Å². The summed E-state index contributed by atoms with van der Waals surface area (Å²) in [6.07, 6.45) is 3.07. The van der Waals surface area contributed by atoms with Crippen LogP contribution in [0.3, 0.4) is 0 Å². The molecule has 0 aliphatic rings. The molecule has 0 spiro atoms. The van der Waals surface area contributed by atoms with Crippen LogP contribution in [0.4, 0.5) is 8.78 Å². The first-order valence-electron chi connectivity index (χ1n) is 9.40. The number of hydrogen-bond acceptors (Lipinski definition) is 8. The van der Waals surface area contributed by atoms with Crippen molar-refractivity contribution in [3.05, 3.63) is 77.3 Å². The van der Waals surface area contributed by atoms with Crippen molar-refractivity contribution >= 4 is 15.8 Å². The first-order valence-corrected chi connectivity index (χ1v) is 10.8. The summed E-state index contributed by atoms with van der Waals surface area (Å²) in [4.78, 5) is 8.30. The third kappa shape index (κ3) is 4.80. The Balaban J connectivity index is 2.25. The summed E-state index contributed by atoms with van der Waals surface area (Å²) in [6, 6.07) is 5.45. The highest BCUT2D eigenvalue weighted by molar-refractivity contribution is 7.87. The summed E-state index contributed by atoms with van der Waals surface area (Å²) in [5.41, 5.74) is 17.9. The zero-order valence-electron chi connectivity index (χ0n) is 17.3. The average Bonchev–Trinajstić information content (AvgIpc) is 3.07. The van der Waals surface area contributed by atoms with Gasteiger partial charge in [-0.2, -0.15) is 8.42 Å². The summed E-state index contributed by atoms with van der Waals surface area (Å²) >= 11 is 0. The number of hydrogen-bond donors (Lipinski definition) is 3. The van der Waals surface area contributed by atoms with Gasteiger partial charge in [0.1, 0.15) is 28.9 Å². The molecule has 1 aromatic carbocycles. The molecule has 0 aliphatic heterocycles. The number of pyridine rings is 1. The molecule has 0 unspecified atom stereocenters. The molecule has 0 amide bonds. The fraction of sp³-hybridized carbons (Fsp3) is 0.200. The third-order valence-electron chi connectivity index (χ3n) is 4.41. The van der Waals surface area contributed by atoms with Gasteiger partial charge in [0.15, 0.2) is 10.9 Å². The maximum absolute atomic E-state index is 13.6. The molecule has 12 heteroatoms. The molecule has 0 atom stereocenters. The van der Waals surface area contributed by atoms with Crippen molar-refractivity contribution in [3.8, 4) is 5.75 Å². The second-order valence-corrected chi connectivity index (χ2v) is 8.70. The Morgan fingerprint density at radius 3 is 2.22 bits per heavy atom. The van der Waals surface area contributed by atoms with Crippen LogP contribution in [-0.2, 0) is 16.7 Å². The fourth-order valence-electron chi connectivity index (χ4n) is 2.99. The van der Waals surface area contributed by atoms with E-state index in [0.29, 0.717) is 11.6 Å². The molecule has 0 bridgehead atoms. The van der Waals surface area contributed by atoms with E-state index in [9.17, 15) is 17.2 Å². The molecule has 2 aromatic heterocycles. The van der Waals surface area contributed by atoms with E-state index < -0.39 is 33.4 Å². The first-order chi connectivity index (χ1) is 15.0. The quantitative estimate of drug-likeness (QED) is 0.449. The predicted molar refractivity (Wildman–Crippen MR) is 113 cm³/mol. The van der Waals surface area contributed by atoms with Gasteiger partial charge in [0.05, 0.1) is 12.2 Å². The van der Waals surface area contributed by atoms with Crippen LogP contribution >= 0.6 is 0 Å². The minimum Gasteiger partial charge on any atom is -0.393 e. The number of benzene rings is 1. The molecule has 0 saturated carbocycles. The molecule has 6 N–H and O–H groups in total. The minimum atomic E-state index is -4.62. The van der Waals surface area contributed by atoms with Crippen molar-refractivity contribution in [2.45, 2.75) is 31.3 Å². The summed E-state index contributed by atoms with van der Waals surface area (Å²) in [7, 11) is -4.62. The monoisotopic (exact) mass is 464 g/mol. The summed E-state index contributed by atoms with van der Waals surface area (Å²) in [5.74, 6) is -3.15. The van der Waals surface area contributed by atoms with Gasteiger partial charge >= 0.3 is 10.1 Å². The molecular formula is C20H22F2N6O3S. The van der Waals surface area contributed by atoms with Crippen molar-refractivity contribution < 1.29 is 21.4 Å². The SMILES string of the molecule is CC(C)c1nc(C(N)=C(N)N)n(Cc2ccncc2)c1S(=O)(=O)Oc1cc(F)cc(F)c1. The van der Waals surface area contributed by atoms with Gasteiger partial charge in [-0.15, -0.1) is 0 Å². The van der Waals surface area contributed by atoms with E-state index in [1.807, 2.05) is 0 Å². The number of nitrogens with two attached hydrogens (primary N) is 3. The van der Waals surface area contributed by atoms with Gasteiger partial charge in [-0.1, -0.05) is 13.8 Å². The van der Waals surface area contributed by atoms with Crippen molar-refractivity contribution in [2.24, 2.45) is 17.2 Å². The first kappa shape index (κ1) is 23.0. The molecule has 0 saturated heterocycles. The summed E-state index contributed by atoms with van der Waals surface area (Å²) in [6.45, 7) is 3.44. The average molecular weight is 464 g/mol. The summed E-state index contributed by atoms with van der Waals surface area (Å²) < 4.78 is 60.1. The van der Waals surface area contributed by atoms with Crippen LogP contribution in [0, 0.1) is 11.6 Å². The zero-order valence-corrected chi connectivity index (χ0v) is 18.1. The Hall–Kier alpha value is -3.67. The van der Waals surface area contributed by atoms with E-state index in [0.717, 1.165) is 12.1 Å². The zero-order chi connectivity index (χ0) is 23.6. The van der Waals surface area contributed by atoms with E-state index >= 15 is 0 Å². The maximum Gasteiger partial charge on any atom is 0.357 e. The molecule has 0 aliphatic carbocycles. The lowest BCUT2D eigenvalue weighted by Crippen LogP contribution is -2.22. The Morgan fingerprint density at radius 1 is 1.09 bits per heavy atom. The van der Waals surface area contributed by atoms with Crippen LogP contribution < -0.4 is 21.4 Å². The second-order valence-electron chi connectivity index (χ2n) is 7.23. The van der Waals surface area contributed by atoms with Crippen LogP contribution in [0.1, 0.15) is 36.8 Å². The topological polar surface area (TPSA) is 152 Å². The Bertz CT molecular complexity index is 1250. The van der Waals surface area contributed by atoms with Gasteiger partial charge < -0.3 is 26.0 Å². The van der Waals surface area contributed by atoms with E-state index in [1.54, 1.807) is 26.0 Å². The second kappa shape index (κ2) is 8.83. The van der Waals surface area contributed by atoms with E-state index in [4.69, 9.17) is 21.4 Å². The standard InChI is InChI=1S/C20H22F2N6O3S/c1-11(2)17-20(32(29,30)31-15-8-13(21)7-14(22)9-15)28(10-12-3-5-26-6-4-12)19(27-17)16(23)18(24)25/h3-9,11H,10,23-25H2,1-2H3. The number of imidazole rings is 1. The predicted octanol–water partition coefficient (Wildman–Crippen LogP) is 2.00. The molecule has 0 radical (unpaired) electrons. The van der Waals surface area contributed by atoms with Gasteiger partial charge in [-0.3, -0.25) is 4.98 Å². The molecule has 9 nitrogen and oxygen atoms in total. The molecule has 3 aromatic rings. The number of aromatic nitrogens is 3. The van der Waals surface area contributed by atoms with E-state index in [1.165, 1.54) is 17.0 Å². The van der Waals surface area contributed by atoms with Gasteiger partial charge in [0, 0.05) is 30.6 Å². The summed E-state index contributed by atoms with van der Waals surface area (Å²) in [5, 5.41) is -0.340. The van der Waals surface area contributed by atoms with Crippen molar-refractivity contribution in [1.82, 2.24) is 14.5 Å². The van der Waals surface area contributed by atoms with Gasteiger partial charge in [-0.05, 0) is 23.6 Å². The normalized spacial score (nSPS) is 11.5. The Labute approximate surface area is 183 Å². The molecule has 32 heavy (non-hydrogen) atoms. The van der Waals surface area contributed by atoms with Crippen molar-refractivity contribution in [1.29, 1.82) is 0 Å². The molecule has 0 fully saturated rings. The highest BCUT2D eigenvalue weighted by Gasteiger charge is 2.32. The molecule has 3 rings (SSSR count). The van der Waals surface area contributed by atoms with E-state index in [2.05, 4.69) is 9.97 Å². The lowest BCUT2D eigenvalue weighted by molar-refractivity contribution is 0.466. The van der Waals surface area contributed by atoms with Crippen LogP contribution in [0.15, 0.2) is 53.6 Å². The van der Waals surface area contributed by atoms with Crippen LogP contribution in [0.25, 0.3) is 5.70 Å². The van der Waals surface area contributed by atoms with Crippen LogP contribution in [-0.4, -0.2) is 23.0 Å². The van der Waals surface area contributed by atoms with Crippen LogP contribution in [0.2, 0.25) is 0 Å². The van der Waals surface area contributed by atoms with Crippen LogP contribution in [0.5, 0.6) is 5.75 Å². The largest absolute Gasteiger partial charge is 0.393 e. The lowest BCUT2D eigenvalue weighted by Gasteiger charge is -2.15. The van der Waals surface area contributed by atoms with E-state index in [-0.39, 0.29) is 34.6 Å². The minimum absolute atomic E-state index is 0.000981. The molecule has 170 valence electrons. The Morgan fingerprint density at radius 2 is 1.69 bits per heavy atom. The smallest absolute Gasteiger partial charge is 0.357 e. The Kier molecular flexibility index (Phi) is 6.35. The molecule has 2 heterocycles. The van der Waals surface area contributed by atoms with Crippen molar-refractivity contribution in [2.75, 3.05) is 0 Å². The lowest BCUT2D eigenvalue weighted by atomic mass is 10.1. The third-order valence-corrected chi connectivity index (χ3v) is 5.73. The van der Waals surface area contributed by atoms with Crippen molar-refractivity contribution in [3.63, 3.8) is 0 Å².